The van der Waals surface area contributed by atoms with E-state index in [1.54, 1.807) is 0 Å². The lowest BCUT2D eigenvalue weighted by Crippen LogP contribution is -2.42. The molecule has 3 atom stereocenters. The Morgan fingerprint density at radius 3 is 2.40 bits per heavy atom. The molecule has 2 aromatic heterocycles. The Hall–Kier alpha value is -6.10. The molecule has 6 aromatic rings. The standard InChI is InChI=1S/C53H40N2OS/c1-2-13-33(14-3-1)52-54-46(32-47(55-52)37-25-27-41-40-19-6-11-24-50(40)57-51(41)31-37)36-16-12-15-34(29-36)35-26-28-45-49(30-35)56-48-23-10-9-22-44(48)53(45)42-20-7-4-17-38(42)39-18-5-8-21-43(39)53/h2,4-8,11-25,27,29-32,38,42H,1,3,9-10,26,28H2. The quantitative estimate of drug-likeness (QED) is 0.180. The van der Waals surface area contributed by atoms with Gasteiger partial charge in [0.25, 0.3) is 0 Å². The van der Waals surface area contributed by atoms with Crippen molar-refractivity contribution in [2.75, 3.05) is 0 Å². The number of thiophene rings is 1. The fraction of sp³-hybridized carbons (Fsp3) is 0.170. The van der Waals surface area contributed by atoms with Gasteiger partial charge < -0.3 is 4.74 Å². The molecule has 3 nitrogen and oxygen atoms in total. The van der Waals surface area contributed by atoms with Gasteiger partial charge in [0.05, 0.1) is 16.8 Å². The number of fused-ring (bicyclic) bond motifs is 11. The molecule has 3 unspecified atom stereocenters. The maximum absolute atomic E-state index is 6.96. The molecule has 4 heteroatoms. The van der Waals surface area contributed by atoms with Crippen molar-refractivity contribution in [3.05, 3.63) is 203 Å². The molecule has 0 fully saturated rings. The van der Waals surface area contributed by atoms with Crippen LogP contribution in [-0.2, 0) is 10.2 Å². The Morgan fingerprint density at radius 2 is 1.47 bits per heavy atom. The molecule has 0 bridgehead atoms. The van der Waals surface area contributed by atoms with Gasteiger partial charge in [0.2, 0.25) is 0 Å². The van der Waals surface area contributed by atoms with Crippen LogP contribution in [0, 0.1) is 5.92 Å². The van der Waals surface area contributed by atoms with Crippen molar-refractivity contribution in [2.45, 2.75) is 49.9 Å². The van der Waals surface area contributed by atoms with Crippen LogP contribution in [-0.4, -0.2) is 9.97 Å². The molecule has 1 spiro atoms. The van der Waals surface area contributed by atoms with Gasteiger partial charge in [-0.05, 0) is 103 Å². The summed E-state index contributed by atoms with van der Waals surface area (Å²) in [7, 11) is 0. The fourth-order valence-corrected chi connectivity index (χ4v) is 11.7. The maximum Gasteiger partial charge on any atom is 0.160 e. The summed E-state index contributed by atoms with van der Waals surface area (Å²) < 4.78 is 9.55. The lowest BCUT2D eigenvalue weighted by atomic mass is 9.58. The van der Waals surface area contributed by atoms with Gasteiger partial charge in [0.15, 0.2) is 5.82 Å². The van der Waals surface area contributed by atoms with Crippen molar-refractivity contribution in [3.8, 4) is 22.5 Å². The molecule has 0 saturated carbocycles. The first-order valence-electron chi connectivity index (χ1n) is 20.5. The van der Waals surface area contributed by atoms with Gasteiger partial charge in [-0.2, -0.15) is 0 Å². The van der Waals surface area contributed by atoms with E-state index < -0.39 is 0 Å². The van der Waals surface area contributed by atoms with Crippen LogP contribution >= 0.6 is 11.3 Å². The minimum absolute atomic E-state index is 0.221. The van der Waals surface area contributed by atoms with Gasteiger partial charge in [0.1, 0.15) is 11.5 Å². The zero-order valence-electron chi connectivity index (χ0n) is 31.6. The Morgan fingerprint density at radius 1 is 0.667 bits per heavy atom. The molecule has 12 rings (SSSR count). The van der Waals surface area contributed by atoms with Crippen LogP contribution in [0.1, 0.15) is 67.0 Å². The lowest BCUT2D eigenvalue weighted by Gasteiger charge is -2.47. The van der Waals surface area contributed by atoms with Gasteiger partial charge >= 0.3 is 0 Å². The van der Waals surface area contributed by atoms with E-state index in [2.05, 4.69) is 158 Å². The van der Waals surface area contributed by atoms with E-state index in [-0.39, 0.29) is 5.41 Å². The van der Waals surface area contributed by atoms with Crippen LogP contribution in [0.5, 0.6) is 0 Å². The number of rotatable bonds is 4. The normalized spacial score (nSPS) is 23.0. The minimum Gasteiger partial charge on any atom is -0.457 e. The summed E-state index contributed by atoms with van der Waals surface area (Å²) in [5, 5.41) is 2.60. The van der Waals surface area contributed by atoms with Crippen molar-refractivity contribution in [3.63, 3.8) is 0 Å². The Kier molecular flexibility index (Phi) is 7.53. The third-order valence-corrected chi connectivity index (χ3v) is 14.2. The minimum atomic E-state index is -0.221. The fourth-order valence-electron chi connectivity index (χ4n) is 10.5. The first-order valence-corrected chi connectivity index (χ1v) is 21.3. The highest BCUT2D eigenvalue weighted by atomic mass is 32.1. The second-order valence-corrected chi connectivity index (χ2v) is 17.2. The number of nitrogens with zero attached hydrogens (tertiary/aromatic N) is 2. The van der Waals surface area contributed by atoms with Crippen LogP contribution in [0.4, 0.5) is 0 Å². The largest absolute Gasteiger partial charge is 0.457 e. The second-order valence-electron chi connectivity index (χ2n) is 16.1. The molecule has 0 amide bonds. The van der Waals surface area contributed by atoms with Gasteiger partial charge in [-0.15, -0.1) is 11.3 Å². The SMILES string of the molecule is C1=CC2c3ccccc3C3(C4=CCCC=C4OC4=C3CCC(c3cccc(-c5cc(-c6ccc7c(c6)sc6ccccc67)nc(C6=CCCC=C6)n5)c3)=C4)C2C=C1. The zero-order chi connectivity index (χ0) is 37.5. The topological polar surface area (TPSA) is 35.0 Å². The number of benzene rings is 4. The number of ether oxygens (including phenoxy) is 1. The smallest absolute Gasteiger partial charge is 0.160 e. The Labute approximate surface area is 337 Å². The Bertz CT molecular complexity index is 2960. The number of allylic oxidation sites excluding steroid dienone is 14. The van der Waals surface area contributed by atoms with Crippen LogP contribution in [0.15, 0.2) is 180 Å². The van der Waals surface area contributed by atoms with E-state index >= 15 is 0 Å². The molecule has 57 heavy (non-hydrogen) atoms. The van der Waals surface area contributed by atoms with Crippen LogP contribution < -0.4 is 0 Å². The summed E-state index contributed by atoms with van der Waals surface area (Å²) >= 11 is 1.84. The van der Waals surface area contributed by atoms with Crippen molar-refractivity contribution < 1.29 is 4.74 Å². The summed E-state index contributed by atoms with van der Waals surface area (Å²) in [6.45, 7) is 0. The Balaban J connectivity index is 0.972. The molecule has 4 aromatic carbocycles. The number of hydrogen-bond donors (Lipinski definition) is 0. The van der Waals surface area contributed by atoms with Gasteiger partial charge in [0, 0.05) is 54.3 Å². The van der Waals surface area contributed by atoms with Crippen LogP contribution in [0.25, 0.3) is 53.8 Å². The second kappa shape index (κ2) is 13.0. The van der Waals surface area contributed by atoms with Crippen molar-refractivity contribution >= 4 is 42.7 Å². The number of aromatic nitrogens is 2. The highest BCUT2D eigenvalue weighted by Crippen LogP contribution is 2.65. The summed E-state index contributed by atoms with van der Waals surface area (Å²) in [6.07, 6.45) is 29.3. The van der Waals surface area contributed by atoms with Gasteiger partial charge in [-0.25, -0.2) is 9.97 Å². The third-order valence-electron chi connectivity index (χ3n) is 13.0. The molecule has 6 aliphatic rings. The first-order chi connectivity index (χ1) is 28.2. The summed E-state index contributed by atoms with van der Waals surface area (Å²) in [4.78, 5) is 10.5. The van der Waals surface area contributed by atoms with Crippen LogP contribution in [0.2, 0.25) is 0 Å². The molecule has 0 radical (unpaired) electrons. The highest BCUT2D eigenvalue weighted by molar-refractivity contribution is 7.25. The van der Waals surface area contributed by atoms with E-state index in [9.17, 15) is 0 Å². The third kappa shape index (κ3) is 5.10. The highest BCUT2D eigenvalue weighted by Gasteiger charge is 2.58. The average Bonchev–Trinajstić information content (AvgIpc) is 3.80. The molecule has 0 N–H and O–H groups in total. The molecule has 1 aliphatic heterocycles. The van der Waals surface area contributed by atoms with E-state index in [1.807, 2.05) is 11.3 Å². The van der Waals surface area contributed by atoms with Crippen molar-refractivity contribution in [1.82, 2.24) is 9.97 Å². The van der Waals surface area contributed by atoms with E-state index in [0.29, 0.717) is 11.8 Å². The molecular weight excluding hydrogens is 713 g/mol. The lowest BCUT2D eigenvalue weighted by molar-refractivity contribution is 0.255. The summed E-state index contributed by atoms with van der Waals surface area (Å²) in [6, 6.07) is 35.8. The van der Waals surface area contributed by atoms with E-state index in [4.69, 9.17) is 14.7 Å². The average molecular weight is 753 g/mol. The predicted octanol–water partition coefficient (Wildman–Crippen LogP) is 13.8. The van der Waals surface area contributed by atoms with Crippen LogP contribution in [0.3, 0.4) is 0 Å². The first kappa shape index (κ1) is 33.1. The summed E-state index contributed by atoms with van der Waals surface area (Å²) in [5.41, 5.74) is 13.2. The van der Waals surface area contributed by atoms with E-state index in [0.717, 1.165) is 84.0 Å². The summed E-state index contributed by atoms with van der Waals surface area (Å²) in [5.74, 6) is 3.54. The molecule has 5 aliphatic carbocycles. The molecule has 0 saturated heterocycles. The maximum atomic E-state index is 6.96. The van der Waals surface area contributed by atoms with Gasteiger partial charge in [-0.1, -0.05) is 121 Å². The monoisotopic (exact) mass is 752 g/mol. The molecular formula is C53H40N2OS. The van der Waals surface area contributed by atoms with E-state index in [1.165, 1.54) is 53.6 Å². The van der Waals surface area contributed by atoms with Crippen molar-refractivity contribution in [1.29, 1.82) is 0 Å². The predicted molar refractivity (Wildman–Crippen MR) is 235 cm³/mol. The van der Waals surface area contributed by atoms with Gasteiger partial charge in [-0.3, -0.25) is 0 Å². The molecule has 3 heterocycles. The number of hydrogen-bond acceptors (Lipinski definition) is 4. The zero-order valence-corrected chi connectivity index (χ0v) is 32.4. The van der Waals surface area contributed by atoms with Crippen molar-refractivity contribution in [2.24, 2.45) is 5.92 Å². The molecule has 274 valence electrons.